The number of aliphatic carboxylic acids is 1. The molecule has 0 spiro atoms. The van der Waals surface area contributed by atoms with Crippen LogP contribution in [0, 0.1) is 11.8 Å². The molecule has 2 N–H and O–H groups in total. The van der Waals surface area contributed by atoms with Crippen LogP contribution in [-0.4, -0.2) is 41.1 Å². The van der Waals surface area contributed by atoms with Crippen LogP contribution in [-0.2, 0) is 4.79 Å². The molecule has 1 aliphatic rings. The van der Waals surface area contributed by atoms with Crippen LogP contribution in [0.1, 0.15) is 40.0 Å². The van der Waals surface area contributed by atoms with Gasteiger partial charge < -0.3 is 15.3 Å². The minimum absolute atomic E-state index is 0.111. The summed E-state index contributed by atoms with van der Waals surface area (Å²) in [5, 5.41) is 11.6. The quantitative estimate of drug-likeness (QED) is 0.807. The van der Waals surface area contributed by atoms with Crippen molar-refractivity contribution in [3.05, 3.63) is 0 Å². The molecule has 1 aliphatic heterocycles. The first-order chi connectivity index (χ1) is 8.45. The van der Waals surface area contributed by atoms with E-state index in [9.17, 15) is 9.59 Å². The van der Waals surface area contributed by atoms with E-state index in [-0.39, 0.29) is 11.9 Å². The van der Waals surface area contributed by atoms with Crippen molar-refractivity contribution in [3.63, 3.8) is 0 Å². The van der Waals surface area contributed by atoms with E-state index in [1.807, 2.05) is 0 Å². The van der Waals surface area contributed by atoms with Crippen molar-refractivity contribution < 1.29 is 14.7 Å². The summed E-state index contributed by atoms with van der Waals surface area (Å²) >= 11 is 0. The molecule has 1 heterocycles. The molecule has 104 valence electrons. The molecule has 0 aromatic heterocycles. The molecule has 0 unspecified atom stereocenters. The second-order valence-electron chi connectivity index (χ2n) is 5.35. The highest BCUT2D eigenvalue weighted by molar-refractivity contribution is 5.82. The van der Waals surface area contributed by atoms with Crippen LogP contribution < -0.4 is 5.32 Å². The standard InChI is InChI=1S/C13H24N2O3/c1-4-10-5-7-15(8-6-10)13(18)14-11(9(2)3)12(16)17/h9-11H,4-8H2,1-3H3,(H,14,18)(H,16,17)/t11-/m0/s1. The summed E-state index contributed by atoms with van der Waals surface area (Å²) in [6.45, 7) is 7.22. The smallest absolute Gasteiger partial charge is 0.326 e. The van der Waals surface area contributed by atoms with Gasteiger partial charge in [-0.1, -0.05) is 27.2 Å². The number of carbonyl (C=O) groups is 2. The Morgan fingerprint density at radius 3 is 2.28 bits per heavy atom. The van der Waals surface area contributed by atoms with Gasteiger partial charge in [0.2, 0.25) is 0 Å². The van der Waals surface area contributed by atoms with Crippen LogP contribution in [0.15, 0.2) is 0 Å². The Bertz CT molecular complexity index is 297. The number of carbonyl (C=O) groups excluding carboxylic acids is 1. The summed E-state index contributed by atoms with van der Waals surface area (Å²) in [5.41, 5.74) is 0. The summed E-state index contributed by atoms with van der Waals surface area (Å²) in [5.74, 6) is -0.379. The van der Waals surface area contributed by atoms with Gasteiger partial charge in [0.05, 0.1) is 0 Å². The lowest BCUT2D eigenvalue weighted by molar-refractivity contribution is -0.140. The number of rotatable bonds is 4. The Kier molecular flexibility index (Phi) is 5.44. The van der Waals surface area contributed by atoms with Gasteiger partial charge in [-0.2, -0.15) is 0 Å². The minimum atomic E-state index is -0.971. The number of urea groups is 1. The van der Waals surface area contributed by atoms with Crippen LogP contribution in [0.5, 0.6) is 0 Å². The van der Waals surface area contributed by atoms with Crippen molar-refractivity contribution in [3.8, 4) is 0 Å². The van der Waals surface area contributed by atoms with E-state index in [4.69, 9.17) is 5.11 Å². The predicted molar refractivity (Wildman–Crippen MR) is 69.4 cm³/mol. The molecule has 0 aromatic carbocycles. The summed E-state index contributed by atoms with van der Waals surface area (Å²) in [7, 11) is 0. The highest BCUT2D eigenvalue weighted by Crippen LogP contribution is 2.20. The van der Waals surface area contributed by atoms with E-state index in [1.165, 1.54) is 0 Å². The second-order valence-corrected chi connectivity index (χ2v) is 5.35. The lowest BCUT2D eigenvalue weighted by atomic mass is 9.94. The molecule has 5 heteroatoms. The van der Waals surface area contributed by atoms with Crippen molar-refractivity contribution in [2.24, 2.45) is 11.8 Å². The topological polar surface area (TPSA) is 69.6 Å². The number of carboxylic acid groups (broad SMARTS) is 1. The van der Waals surface area contributed by atoms with Gasteiger partial charge in [-0.15, -0.1) is 0 Å². The Morgan fingerprint density at radius 1 is 1.33 bits per heavy atom. The molecular formula is C13H24N2O3. The fourth-order valence-corrected chi connectivity index (χ4v) is 2.28. The Balaban J connectivity index is 2.48. The Morgan fingerprint density at radius 2 is 1.89 bits per heavy atom. The summed E-state index contributed by atoms with van der Waals surface area (Å²) in [4.78, 5) is 24.7. The molecule has 1 atom stereocenters. The first-order valence-corrected chi connectivity index (χ1v) is 6.74. The molecule has 1 fully saturated rings. The van der Waals surface area contributed by atoms with Gasteiger partial charge in [0.15, 0.2) is 0 Å². The summed E-state index contributed by atoms with van der Waals surface area (Å²) < 4.78 is 0. The summed E-state index contributed by atoms with van der Waals surface area (Å²) in [6, 6.07) is -1.05. The van der Waals surface area contributed by atoms with Gasteiger partial charge >= 0.3 is 12.0 Å². The zero-order valence-corrected chi connectivity index (χ0v) is 11.5. The number of hydrogen-bond acceptors (Lipinski definition) is 2. The SMILES string of the molecule is CCC1CCN(C(=O)N[C@H](C(=O)O)C(C)C)CC1. The van der Waals surface area contributed by atoms with Crippen LogP contribution in [0.3, 0.4) is 0 Å². The van der Waals surface area contributed by atoms with Crippen LogP contribution >= 0.6 is 0 Å². The van der Waals surface area contributed by atoms with Gasteiger partial charge in [0.25, 0.3) is 0 Å². The number of likely N-dealkylation sites (tertiary alicyclic amines) is 1. The average Bonchev–Trinajstić information content (AvgIpc) is 2.35. The van der Waals surface area contributed by atoms with Crippen LogP contribution in [0.4, 0.5) is 4.79 Å². The van der Waals surface area contributed by atoms with E-state index in [0.29, 0.717) is 5.92 Å². The Labute approximate surface area is 109 Å². The van der Waals surface area contributed by atoms with Crippen molar-refractivity contribution >= 4 is 12.0 Å². The van der Waals surface area contributed by atoms with Gasteiger partial charge in [-0.3, -0.25) is 0 Å². The number of amides is 2. The summed E-state index contributed by atoms with van der Waals surface area (Å²) in [6.07, 6.45) is 3.19. The maximum Gasteiger partial charge on any atom is 0.326 e. The van der Waals surface area contributed by atoms with E-state index >= 15 is 0 Å². The lowest BCUT2D eigenvalue weighted by Gasteiger charge is -2.32. The highest BCUT2D eigenvalue weighted by atomic mass is 16.4. The number of nitrogens with one attached hydrogen (secondary N) is 1. The van der Waals surface area contributed by atoms with E-state index < -0.39 is 12.0 Å². The maximum atomic E-state index is 12.0. The van der Waals surface area contributed by atoms with Crippen LogP contribution in [0.25, 0.3) is 0 Å². The fourth-order valence-electron chi connectivity index (χ4n) is 2.28. The molecule has 18 heavy (non-hydrogen) atoms. The molecule has 0 saturated carbocycles. The molecule has 0 bridgehead atoms. The predicted octanol–water partition coefficient (Wildman–Crippen LogP) is 1.93. The number of hydrogen-bond donors (Lipinski definition) is 2. The fraction of sp³-hybridized carbons (Fsp3) is 0.846. The van der Waals surface area contributed by atoms with Gasteiger partial charge in [-0.25, -0.2) is 9.59 Å². The van der Waals surface area contributed by atoms with Gasteiger partial charge in [0.1, 0.15) is 6.04 Å². The maximum absolute atomic E-state index is 12.0. The Hall–Kier alpha value is -1.26. The zero-order chi connectivity index (χ0) is 13.7. The molecule has 0 radical (unpaired) electrons. The number of piperidine rings is 1. The molecule has 1 rings (SSSR count). The zero-order valence-electron chi connectivity index (χ0n) is 11.5. The largest absolute Gasteiger partial charge is 0.480 e. The second kappa shape index (κ2) is 6.61. The van der Waals surface area contributed by atoms with Crippen molar-refractivity contribution in [2.45, 2.75) is 46.1 Å². The molecular weight excluding hydrogens is 232 g/mol. The van der Waals surface area contributed by atoms with E-state index in [0.717, 1.165) is 32.4 Å². The molecule has 1 saturated heterocycles. The van der Waals surface area contributed by atoms with E-state index in [1.54, 1.807) is 18.7 Å². The molecule has 0 aliphatic carbocycles. The highest BCUT2D eigenvalue weighted by Gasteiger charge is 2.27. The molecule has 0 aromatic rings. The van der Waals surface area contributed by atoms with E-state index in [2.05, 4.69) is 12.2 Å². The third kappa shape index (κ3) is 3.89. The van der Waals surface area contributed by atoms with Gasteiger partial charge in [0, 0.05) is 13.1 Å². The normalized spacial score (nSPS) is 18.8. The van der Waals surface area contributed by atoms with Crippen LogP contribution in [0.2, 0.25) is 0 Å². The number of nitrogens with zero attached hydrogens (tertiary/aromatic N) is 1. The molecule has 2 amide bonds. The van der Waals surface area contributed by atoms with Crippen molar-refractivity contribution in [2.75, 3.05) is 13.1 Å². The molecule has 5 nitrogen and oxygen atoms in total. The van der Waals surface area contributed by atoms with Crippen molar-refractivity contribution in [1.29, 1.82) is 0 Å². The number of carboxylic acids is 1. The monoisotopic (exact) mass is 256 g/mol. The first-order valence-electron chi connectivity index (χ1n) is 6.74. The first kappa shape index (κ1) is 14.8. The third-order valence-corrected chi connectivity index (χ3v) is 3.69. The third-order valence-electron chi connectivity index (χ3n) is 3.69. The van der Waals surface area contributed by atoms with Crippen molar-refractivity contribution in [1.82, 2.24) is 10.2 Å². The minimum Gasteiger partial charge on any atom is -0.480 e. The van der Waals surface area contributed by atoms with Gasteiger partial charge in [-0.05, 0) is 24.7 Å². The lowest BCUT2D eigenvalue weighted by Crippen LogP contribution is -2.51. The average molecular weight is 256 g/mol.